The Balaban J connectivity index is 2.82. The van der Waals surface area contributed by atoms with Crippen LogP contribution in [0.5, 0.6) is 5.75 Å². The highest BCUT2D eigenvalue weighted by atomic mass is 35.5. The van der Waals surface area contributed by atoms with E-state index in [2.05, 4.69) is 4.98 Å². The first-order chi connectivity index (χ1) is 5.25. The third-order valence-electron chi connectivity index (χ3n) is 1.35. The molecular weight excluding hydrogens is 166 g/mol. The normalized spacial score (nSPS) is 10.6. The number of phenolic OH excluding ortho intramolecular Hbond substituents is 1. The fourth-order valence-electron chi connectivity index (χ4n) is 0.888. The lowest BCUT2D eigenvalue weighted by atomic mass is 10.3. The molecule has 4 heteroatoms. The van der Waals surface area contributed by atoms with Gasteiger partial charge in [0, 0.05) is 6.07 Å². The van der Waals surface area contributed by atoms with Gasteiger partial charge in [0.1, 0.15) is 11.3 Å². The predicted octanol–water partition coefficient (Wildman–Crippen LogP) is 2.19. The summed E-state index contributed by atoms with van der Waals surface area (Å²) in [6.45, 7) is 0. The van der Waals surface area contributed by atoms with Crippen LogP contribution in [0.4, 0.5) is 0 Å². The molecule has 0 amide bonds. The van der Waals surface area contributed by atoms with Crippen molar-refractivity contribution in [1.29, 1.82) is 0 Å². The third kappa shape index (κ3) is 1.03. The smallest absolute Gasteiger partial charge is 0.293 e. The number of aromatic hydroxyl groups is 1. The number of rotatable bonds is 0. The van der Waals surface area contributed by atoms with Crippen LogP contribution in [0.2, 0.25) is 5.35 Å². The van der Waals surface area contributed by atoms with Crippen LogP contribution >= 0.6 is 11.6 Å². The van der Waals surface area contributed by atoms with E-state index in [0.717, 1.165) is 0 Å². The van der Waals surface area contributed by atoms with Crippen molar-refractivity contribution in [3.8, 4) is 5.75 Å². The topological polar surface area (TPSA) is 46.3 Å². The van der Waals surface area contributed by atoms with Gasteiger partial charge in [0.2, 0.25) is 0 Å². The first-order valence-electron chi connectivity index (χ1n) is 3.01. The quantitative estimate of drug-likeness (QED) is 0.658. The predicted molar refractivity (Wildman–Crippen MR) is 40.7 cm³/mol. The van der Waals surface area contributed by atoms with E-state index >= 15 is 0 Å². The first-order valence-corrected chi connectivity index (χ1v) is 3.38. The van der Waals surface area contributed by atoms with Gasteiger partial charge in [-0.2, -0.15) is 4.98 Å². The van der Waals surface area contributed by atoms with Gasteiger partial charge in [-0.05, 0) is 23.7 Å². The Kier molecular flexibility index (Phi) is 1.26. The van der Waals surface area contributed by atoms with Crippen molar-refractivity contribution >= 4 is 22.7 Å². The van der Waals surface area contributed by atoms with E-state index in [9.17, 15) is 0 Å². The van der Waals surface area contributed by atoms with Gasteiger partial charge in [0.25, 0.3) is 5.35 Å². The summed E-state index contributed by atoms with van der Waals surface area (Å²) in [7, 11) is 0. The maximum atomic E-state index is 9.01. The van der Waals surface area contributed by atoms with E-state index in [1.54, 1.807) is 6.07 Å². The summed E-state index contributed by atoms with van der Waals surface area (Å²) in [5, 5.41) is 9.10. The maximum absolute atomic E-state index is 9.01. The molecule has 0 fully saturated rings. The van der Waals surface area contributed by atoms with Gasteiger partial charge in [-0.3, -0.25) is 0 Å². The molecule has 56 valence electrons. The Labute approximate surface area is 67.2 Å². The van der Waals surface area contributed by atoms with Crippen LogP contribution in [0.3, 0.4) is 0 Å². The van der Waals surface area contributed by atoms with Crippen molar-refractivity contribution in [3.63, 3.8) is 0 Å². The van der Waals surface area contributed by atoms with Gasteiger partial charge in [0.15, 0.2) is 5.58 Å². The van der Waals surface area contributed by atoms with Gasteiger partial charge in [-0.1, -0.05) is 0 Å². The van der Waals surface area contributed by atoms with E-state index < -0.39 is 0 Å². The molecule has 0 bridgehead atoms. The molecule has 0 atom stereocenters. The molecule has 1 aromatic heterocycles. The van der Waals surface area contributed by atoms with Crippen LogP contribution in [-0.4, -0.2) is 10.1 Å². The average Bonchev–Trinajstić information content (AvgIpc) is 2.27. The van der Waals surface area contributed by atoms with Crippen LogP contribution in [0.15, 0.2) is 22.6 Å². The number of halogens is 1. The van der Waals surface area contributed by atoms with Crippen LogP contribution in [0.25, 0.3) is 11.1 Å². The molecule has 1 heterocycles. The lowest BCUT2D eigenvalue weighted by Crippen LogP contribution is -1.66. The summed E-state index contributed by atoms with van der Waals surface area (Å²) >= 11 is 5.48. The number of oxazole rings is 1. The molecule has 11 heavy (non-hydrogen) atoms. The molecule has 1 aromatic carbocycles. The molecule has 2 aromatic rings. The van der Waals surface area contributed by atoms with Gasteiger partial charge < -0.3 is 9.52 Å². The number of fused-ring (bicyclic) bond motifs is 1. The molecule has 2 rings (SSSR count). The zero-order chi connectivity index (χ0) is 7.84. The number of benzene rings is 1. The highest BCUT2D eigenvalue weighted by molar-refractivity contribution is 6.28. The highest BCUT2D eigenvalue weighted by Crippen LogP contribution is 2.22. The third-order valence-corrected chi connectivity index (χ3v) is 1.51. The van der Waals surface area contributed by atoms with Crippen molar-refractivity contribution < 1.29 is 9.52 Å². The van der Waals surface area contributed by atoms with Gasteiger partial charge in [-0.25, -0.2) is 0 Å². The Hall–Kier alpha value is -1.22. The van der Waals surface area contributed by atoms with Gasteiger partial charge in [0.05, 0.1) is 0 Å². The zero-order valence-electron chi connectivity index (χ0n) is 5.41. The van der Waals surface area contributed by atoms with Crippen molar-refractivity contribution in [2.45, 2.75) is 0 Å². The molecule has 0 unspecified atom stereocenters. The molecule has 0 aliphatic carbocycles. The minimum atomic E-state index is 0.0885. The molecule has 0 aliphatic rings. The zero-order valence-corrected chi connectivity index (χ0v) is 6.17. The average molecular weight is 170 g/mol. The number of hydrogen-bond acceptors (Lipinski definition) is 3. The SMILES string of the molecule is Oc1ccc2oc(Cl)nc2c1. The van der Waals surface area contributed by atoms with Crippen molar-refractivity contribution in [3.05, 3.63) is 23.5 Å². The number of aromatic nitrogens is 1. The Morgan fingerprint density at radius 1 is 1.45 bits per heavy atom. The van der Waals surface area contributed by atoms with Gasteiger partial charge >= 0.3 is 0 Å². The van der Waals surface area contributed by atoms with E-state index in [-0.39, 0.29) is 11.1 Å². The molecule has 3 nitrogen and oxygen atoms in total. The van der Waals surface area contributed by atoms with Crippen LogP contribution in [0.1, 0.15) is 0 Å². The van der Waals surface area contributed by atoms with Crippen molar-refractivity contribution in [1.82, 2.24) is 4.98 Å². The van der Waals surface area contributed by atoms with Gasteiger partial charge in [-0.15, -0.1) is 0 Å². The minimum Gasteiger partial charge on any atom is -0.508 e. The molecule has 0 aliphatic heterocycles. The van der Waals surface area contributed by atoms with E-state index in [4.69, 9.17) is 21.1 Å². The van der Waals surface area contributed by atoms with E-state index in [0.29, 0.717) is 11.1 Å². The number of hydrogen-bond donors (Lipinski definition) is 1. The summed E-state index contributed by atoms with van der Waals surface area (Å²) in [5.74, 6) is 0.155. The lowest BCUT2D eigenvalue weighted by Gasteiger charge is -1.86. The molecule has 0 saturated heterocycles. The molecule has 0 saturated carbocycles. The fraction of sp³-hybridized carbons (Fsp3) is 0. The van der Waals surface area contributed by atoms with Crippen LogP contribution in [0, 0.1) is 0 Å². The molecule has 0 spiro atoms. The summed E-state index contributed by atoms with van der Waals surface area (Å²) in [6.07, 6.45) is 0. The number of phenols is 1. The van der Waals surface area contributed by atoms with E-state index in [1.807, 2.05) is 0 Å². The number of nitrogens with zero attached hydrogens (tertiary/aromatic N) is 1. The summed E-state index contributed by atoms with van der Waals surface area (Å²) in [4.78, 5) is 3.81. The minimum absolute atomic E-state index is 0.0885. The van der Waals surface area contributed by atoms with Crippen LogP contribution < -0.4 is 0 Å². The molecule has 1 N–H and O–H groups in total. The van der Waals surface area contributed by atoms with Crippen molar-refractivity contribution in [2.75, 3.05) is 0 Å². The molecular formula is C7H4ClNO2. The summed E-state index contributed by atoms with van der Waals surface area (Å²) in [6, 6.07) is 4.62. The Bertz CT molecular complexity index is 396. The standard InChI is InChI=1S/C7H4ClNO2/c8-7-9-5-3-4(10)1-2-6(5)11-7/h1-3,10H. The molecule has 0 radical (unpaired) electrons. The second-order valence-electron chi connectivity index (χ2n) is 2.12. The monoisotopic (exact) mass is 169 g/mol. The van der Waals surface area contributed by atoms with Crippen LogP contribution in [-0.2, 0) is 0 Å². The second-order valence-corrected chi connectivity index (χ2v) is 2.44. The Morgan fingerprint density at radius 2 is 2.27 bits per heavy atom. The Morgan fingerprint density at radius 3 is 3.09 bits per heavy atom. The second kappa shape index (κ2) is 2.13. The summed E-state index contributed by atoms with van der Waals surface area (Å²) in [5.41, 5.74) is 1.14. The van der Waals surface area contributed by atoms with Crippen molar-refractivity contribution in [2.24, 2.45) is 0 Å². The largest absolute Gasteiger partial charge is 0.508 e. The van der Waals surface area contributed by atoms with E-state index in [1.165, 1.54) is 12.1 Å². The summed E-state index contributed by atoms with van der Waals surface area (Å²) < 4.78 is 4.97. The highest BCUT2D eigenvalue weighted by Gasteiger charge is 2.02. The fourth-order valence-corrected chi connectivity index (χ4v) is 1.06. The maximum Gasteiger partial charge on any atom is 0.293 e. The first kappa shape index (κ1) is 6.49. The lowest BCUT2D eigenvalue weighted by molar-refractivity contribution is 0.476.